The van der Waals surface area contributed by atoms with E-state index in [4.69, 9.17) is 16.3 Å². The number of carbonyl (C=O) groups excluding carboxylic acids is 1. The average Bonchev–Trinajstić information content (AvgIpc) is 2.58. The number of methoxy groups -OCH3 is 1. The normalized spacial score (nSPS) is 9.94. The number of halogens is 1. The number of rotatable bonds is 5. The standard InChI is InChI=1S/C10H12ClNO3S/c1-6(2)4-5-15-10-12-8(11)7(16-10)9(13)14-3/h1,4-5H2,2-3H3. The van der Waals surface area contributed by atoms with Gasteiger partial charge in [-0.2, -0.15) is 4.98 Å². The number of nitrogens with zero attached hydrogens (tertiary/aromatic N) is 1. The van der Waals surface area contributed by atoms with Crippen LogP contribution in [0.1, 0.15) is 23.0 Å². The van der Waals surface area contributed by atoms with Crippen LogP contribution in [-0.4, -0.2) is 24.7 Å². The largest absolute Gasteiger partial charge is 0.470 e. The molecule has 0 saturated heterocycles. The third kappa shape index (κ3) is 3.50. The minimum atomic E-state index is -0.503. The number of hydrogen-bond acceptors (Lipinski definition) is 5. The van der Waals surface area contributed by atoms with Gasteiger partial charge < -0.3 is 9.47 Å². The van der Waals surface area contributed by atoms with Crippen LogP contribution in [0.3, 0.4) is 0 Å². The molecule has 0 radical (unpaired) electrons. The van der Waals surface area contributed by atoms with Crippen LogP contribution in [0.25, 0.3) is 0 Å². The van der Waals surface area contributed by atoms with Crippen LogP contribution in [0.2, 0.25) is 5.15 Å². The minimum Gasteiger partial charge on any atom is -0.470 e. The van der Waals surface area contributed by atoms with Crippen molar-refractivity contribution in [2.24, 2.45) is 0 Å². The first-order valence-corrected chi connectivity index (χ1v) is 5.76. The van der Waals surface area contributed by atoms with Gasteiger partial charge in [-0.3, -0.25) is 0 Å². The molecule has 0 bridgehead atoms. The van der Waals surface area contributed by atoms with Gasteiger partial charge in [0.05, 0.1) is 13.7 Å². The fraction of sp³-hybridized carbons (Fsp3) is 0.400. The molecule has 4 nitrogen and oxygen atoms in total. The zero-order valence-electron chi connectivity index (χ0n) is 9.08. The Kier molecular flexibility index (Phi) is 4.76. The van der Waals surface area contributed by atoms with Gasteiger partial charge >= 0.3 is 5.97 Å². The summed E-state index contributed by atoms with van der Waals surface area (Å²) in [4.78, 5) is 15.4. The van der Waals surface area contributed by atoms with E-state index in [-0.39, 0.29) is 10.0 Å². The van der Waals surface area contributed by atoms with E-state index < -0.39 is 5.97 Å². The second-order valence-corrected chi connectivity index (χ2v) is 4.47. The molecule has 0 atom stereocenters. The van der Waals surface area contributed by atoms with Crippen molar-refractivity contribution in [3.05, 3.63) is 22.2 Å². The zero-order chi connectivity index (χ0) is 12.1. The van der Waals surface area contributed by atoms with Crippen molar-refractivity contribution in [1.82, 2.24) is 4.98 Å². The maximum absolute atomic E-state index is 11.2. The van der Waals surface area contributed by atoms with Gasteiger partial charge in [-0.1, -0.05) is 28.5 Å². The number of hydrogen-bond donors (Lipinski definition) is 0. The van der Waals surface area contributed by atoms with E-state index >= 15 is 0 Å². The fourth-order valence-corrected chi connectivity index (χ4v) is 1.95. The van der Waals surface area contributed by atoms with E-state index in [1.807, 2.05) is 6.92 Å². The molecule has 1 rings (SSSR count). The summed E-state index contributed by atoms with van der Waals surface area (Å²) < 4.78 is 9.88. The summed E-state index contributed by atoms with van der Waals surface area (Å²) in [5.74, 6) is -0.503. The van der Waals surface area contributed by atoms with Crippen molar-refractivity contribution in [2.75, 3.05) is 13.7 Å². The lowest BCUT2D eigenvalue weighted by atomic mass is 10.3. The molecule has 0 spiro atoms. The first-order valence-electron chi connectivity index (χ1n) is 4.56. The Morgan fingerprint density at radius 2 is 2.31 bits per heavy atom. The smallest absolute Gasteiger partial charge is 0.351 e. The summed E-state index contributed by atoms with van der Waals surface area (Å²) in [5.41, 5.74) is 1.02. The molecule has 0 aliphatic carbocycles. The lowest BCUT2D eigenvalue weighted by Gasteiger charge is -2.00. The summed E-state index contributed by atoms with van der Waals surface area (Å²) in [5, 5.41) is 0.480. The molecular weight excluding hydrogens is 250 g/mol. The van der Waals surface area contributed by atoms with Crippen LogP contribution >= 0.6 is 22.9 Å². The average molecular weight is 262 g/mol. The minimum absolute atomic E-state index is 0.113. The summed E-state index contributed by atoms with van der Waals surface area (Å²) in [6.07, 6.45) is 0.741. The quantitative estimate of drug-likeness (QED) is 0.604. The molecule has 0 fully saturated rings. The molecular formula is C10H12ClNO3S. The number of aromatic nitrogens is 1. The highest BCUT2D eigenvalue weighted by atomic mass is 35.5. The van der Waals surface area contributed by atoms with Gasteiger partial charge in [0, 0.05) is 6.42 Å². The Bertz CT molecular complexity index is 403. The van der Waals surface area contributed by atoms with Crippen LogP contribution in [0.5, 0.6) is 5.19 Å². The monoisotopic (exact) mass is 261 g/mol. The van der Waals surface area contributed by atoms with Crippen LogP contribution in [0.15, 0.2) is 12.2 Å². The molecule has 88 valence electrons. The predicted octanol–water partition coefficient (Wildman–Crippen LogP) is 2.93. The number of carbonyl (C=O) groups is 1. The fourth-order valence-electron chi connectivity index (χ4n) is 0.876. The first-order chi connectivity index (χ1) is 7.54. The third-order valence-corrected chi connectivity index (χ3v) is 3.02. The molecule has 0 N–H and O–H groups in total. The van der Waals surface area contributed by atoms with E-state index in [2.05, 4.69) is 16.3 Å². The van der Waals surface area contributed by atoms with Crippen molar-refractivity contribution in [3.8, 4) is 5.19 Å². The van der Waals surface area contributed by atoms with Gasteiger partial charge in [0.15, 0.2) is 10.0 Å². The lowest BCUT2D eigenvalue weighted by molar-refractivity contribution is 0.0606. The van der Waals surface area contributed by atoms with Gasteiger partial charge in [-0.05, 0) is 6.92 Å². The van der Waals surface area contributed by atoms with E-state index in [9.17, 15) is 4.79 Å². The van der Waals surface area contributed by atoms with Crippen LogP contribution in [0, 0.1) is 0 Å². The van der Waals surface area contributed by atoms with Crippen LogP contribution < -0.4 is 4.74 Å². The molecule has 0 amide bonds. The molecule has 0 aliphatic rings. The van der Waals surface area contributed by atoms with Crippen molar-refractivity contribution in [2.45, 2.75) is 13.3 Å². The SMILES string of the molecule is C=C(C)CCOc1nc(Cl)c(C(=O)OC)s1. The predicted molar refractivity (Wildman–Crippen MR) is 63.4 cm³/mol. The molecule has 1 heterocycles. The Hall–Kier alpha value is -1.07. The highest BCUT2D eigenvalue weighted by molar-refractivity contribution is 7.15. The highest BCUT2D eigenvalue weighted by Crippen LogP contribution is 2.29. The van der Waals surface area contributed by atoms with Crippen molar-refractivity contribution in [1.29, 1.82) is 0 Å². The molecule has 0 saturated carbocycles. The molecule has 0 unspecified atom stereocenters. The molecule has 0 aliphatic heterocycles. The summed E-state index contributed by atoms with van der Waals surface area (Å²) >= 11 is 6.84. The molecule has 6 heteroatoms. The van der Waals surface area contributed by atoms with E-state index in [0.717, 1.165) is 23.3 Å². The third-order valence-electron chi connectivity index (χ3n) is 1.69. The van der Waals surface area contributed by atoms with Crippen LogP contribution in [-0.2, 0) is 4.74 Å². The summed E-state index contributed by atoms with van der Waals surface area (Å²) in [6.45, 7) is 6.14. The first kappa shape index (κ1) is 13.0. The van der Waals surface area contributed by atoms with Gasteiger partial charge in [-0.25, -0.2) is 4.79 Å². The van der Waals surface area contributed by atoms with E-state index in [1.165, 1.54) is 7.11 Å². The maximum atomic E-state index is 11.2. The Labute approximate surface area is 103 Å². The Balaban J connectivity index is 2.62. The van der Waals surface area contributed by atoms with E-state index in [0.29, 0.717) is 11.8 Å². The zero-order valence-corrected chi connectivity index (χ0v) is 10.7. The second-order valence-electron chi connectivity index (χ2n) is 3.15. The molecule has 1 aromatic rings. The number of thiazole rings is 1. The van der Waals surface area contributed by atoms with Crippen molar-refractivity contribution in [3.63, 3.8) is 0 Å². The van der Waals surface area contributed by atoms with Crippen molar-refractivity contribution < 1.29 is 14.3 Å². The maximum Gasteiger partial charge on any atom is 0.351 e. The van der Waals surface area contributed by atoms with Gasteiger partial charge in [-0.15, -0.1) is 6.58 Å². The van der Waals surface area contributed by atoms with Crippen molar-refractivity contribution >= 4 is 28.9 Å². The summed E-state index contributed by atoms with van der Waals surface area (Å²) in [6, 6.07) is 0. The van der Waals surface area contributed by atoms with Gasteiger partial charge in [0.1, 0.15) is 0 Å². The Morgan fingerprint density at radius 3 is 2.88 bits per heavy atom. The number of ether oxygens (including phenoxy) is 2. The topological polar surface area (TPSA) is 48.4 Å². The van der Waals surface area contributed by atoms with E-state index in [1.54, 1.807) is 0 Å². The van der Waals surface area contributed by atoms with Gasteiger partial charge in [0.25, 0.3) is 5.19 Å². The lowest BCUT2D eigenvalue weighted by Crippen LogP contribution is -1.98. The number of esters is 1. The molecule has 1 aromatic heterocycles. The van der Waals surface area contributed by atoms with Crippen LogP contribution in [0.4, 0.5) is 0 Å². The second kappa shape index (κ2) is 5.86. The van der Waals surface area contributed by atoms with Gasteiger partial charge in [0.2, 0.25) is 0 Å². The summed E-state index contributed by atoms with van der Waals surface area (Å²) in [7, 11) is 1.29. The molecule has 0 aromatic carbocycles. The molecule has 16 heavy (non-hydrogen) atoms. The Morgan fingerprint density at radius 1 is 1.62 bits per heavy atom. The highest BCUT2D eigenvalue weighted by Gasteiger charge is 2.17.